The topological polar surface area (TPSA) is 172 Å². The minimum Gasteiger partial charge on any atom is -0.479 e. The number of carboxylic acids is 1. The van der Waals surface area contributed by atoms with E-state index in [0.717, 1.165) is 0 Å². The summed E-state index contributed by atoms with van der Waals surface area (Å²) in [7, 11) is 0. The molecule has 0 spiro atoms. The lowest BCUT2D eigenvalue weighted by molar-refractivity contribution is -0.271. The predicted octanol–water partition coefficient (Wildman–Crippen LogP) is -0.978. The molecule has 1 heterocycles. The molecule has 11 heteroatoms. The summed E-state index contributed by atoms with van der Waals surface area (Å²) in [6.45, 7) is 2.53. The number of esters is 1. The van der Waals surface area contributed by atoms with E-state index >= 15 is 0 Å². The molecule has 0 unspecified atom stereocenters. The number of nitrogens with one attached hydrogen (secondary N) is 1. The zero-order chi connectivity index (χ0) is 21.7. The van der Waals surface area contributed by atoms with Crippen LogP contribution in [0.5, 0.6) is 5.75 Å². The van der Waals surface area contributed by atoms with Crippen molar-refractivity contribution in [3.05, 3.63) is 23.8 Å². The maximum Gasteiger partial charge on any atom is 0.335 e. The Hall–Kier alpha value is -2.73. The van der Waals surface area contributed by atoms with Crippen LogP contribution in [0.1, 0.15) is 19.4 Å². The molecule has 1 aromatic carbocycles. The molecule has 1 aliphatic heterocycles. The van der Waals surface area contributed by atoms with Crippen molar-refractivity contribution in [1.82, 2.24) is 0 Å². The summed E-state index contributed by atoms with van der Waals surface area (Å²) < 4.78 is 15.5. The van der Waals surface area contributed by atoms with Crippen molar-refractivity contribution >= 4 is 23.4 Å². The number of rotatable bonds is 8. The van der Waals surface area contributed by atoms with Gasteiger partial charge in [-0.25, -0.2) is 4.79 Å². The van der Waals surface area contributed by atoms with Gasteiger partial charge < -0.3 is 40.0 Å². The van der Waals surface area contributed by atoms with Gasteiger partial charge in [-0.15, -0.1) is 0 Å². The van der Waals surface area contributed by atoms with Crippen LogP contribution in [0.15, 0.2) is 18.2 Å². The molecule has 11 nitrogen and oxygen atoms in total. The quantitative estimate of drug-likeness (QED) is 0.332. The van der Waals surface area contributed by atoms with Crippen LogP contribution in [0.4, 0.5) is 5.69 Å². The van der Waals surface area contributed by atoms with Crippen molar-refractivity contribution < 1.29 is 49.0 Å². The van der Waals surface area contributed by atoms with E-state index in [4.69, 9.17) is 19.3 Å². The molecule has 0 aromatic heterocycles. The zero-order valence-corrected chi connectivity index (χ0v) is 15.8. The molecule has 5 atom stereocenters. The molecule has 1 aliphatic rings. The molecule has 0 aliphatic carbocycles. The van der Waals surface area contributed by atoms with Crippen LogP contribution in [0.25, 0.3) is 0 Å². The third kappa shape index (κ3) is 5.87. The van der Waals surface area contributed by atoms with Gasteiger partial charge in [0.2, 0.25) is 6.29 Å². The molecule has 0 bridgehead atoms. The van der Waals surface area contributed by atoms with E-state index in [9.17, 15) is 29.7 Å². The highest BCUT2D eigenvalue weighted by Crippen LogP contribution is 2.31. The fourth-order valence-electron chi connectivity index (χ4n) is 2.59. The van der Waals surface area contributed by atoms with Crippen molar-refractivity contribution in [3.63, 3.8) is 0 Å². The van der Waals surface area contributed by atoms with Crippen molar-refractivity contribution in [2.45, 2.75) is 51.2 Å². The van der Waals surface area contributed by atoms with Gasteiger partial charge in [-0.05, 0) is 24.6 Å². The van der Waals surface area contributed by atoms with E-state index in [1.165, 1.54) is 26.0 Å². The monoisotopic (exact) mass is 413 g/mol. The second-order valence-corrected chi connectivity index (χ2v) is 6.52. The van der Waals surface area contributed by atoms with Crippen LogP contribution in [0.2, 0.25) is 0 Å². The first-order valence-electron chi connectivity index (χ1n) is 8.69. The Morgan fingerprint density at radius 1 is 1.10 bits per heavy atom. The Morgan fingerprint density at radius 2 is 1.79 bits per heavy atom. The summed E-state index contributed by atoms with van der Waals surface area (Å²) in [5, 5.41) is 41.7. The molecular formula is C18H23NO10. The largest absolute Gasteiger partial charge is 0.479 e. The summed E-state index contributed by atoms with van der Waals surface area (Å²) in [5.41, 5.74) is 0.857. The second-order valence-electron chi connectivity index (χ2n) is 6.52. The molecule has 2 rings (SSSR count). The van der Waals surface area contributed by atoms with Gasteiger partial charge in [0, 0.05) is 6.92 Å². The number of aliphatic hydroxyl groups excluding tert-OH is 3. The second kappa shape index (κ2) is 9.65. The number of carboxylic acid groups (broad SMARTS) is 1. The fraction of sp³-hybridized carbons (Fsp3) is 0.500. The van der Waals surface area contributed by atoms with Crippen molar-refractivity contribution in [2.75, 3.05) is 11.9 Å². The number of ketones is 1. The third-order valence-electron chi connectivity index (χ3n) is 4.07. The molecule has 0 amide bonds. The molecule has 5 N–H and O–H groups in total. The number of hydrogen-bond donors (Lipinski definition) is 5. The number of anilines is 1. The smallest absolute Gasteiger partial charge is 0.335 e. The Labute approximate surface area is 165 Å². The van der Waals surface area contributed by atoms with Crippen LogP contribution < -0.4 is 10.1 Å². The zero-order valence-electron chi connectivity index (χ0n) is 15.8. The standard InChI is InChI=1S/C18H23NO10/c1-8(20)6-19-11-5-10(7-27-9(2)21)3-4-12(11)28-18-15(24)13(22)14(23)16(29-18)17(25)26/h3-5,13-16,18-19,22-24H,6-7H2,1-2H3,(H,25,26)/t13-,14-,15+,16-,18+/m0/s1. The number of benzene rings is 1. The first-order valence-corrected chi connectivity index (χ1v) is 8.69. The van der Waals surface area contributed by atoms with E-state index in [1.54, 1.807) is 6.07 Å². The summed E-state index contributed by atoms with van der Waals surface area (Å²) >= 11 is 0. The first-order chi connectivity index (χ1) is 13.6. The van der Waals surface area contributed by atoms with Gasteiger partial charge in [0.1, 0.15) is 36.5 Å². The van der Waals surface area contributed by atoms with Gasteiger partial charge in [-0.2, -0.15) is 0 Å². The maximum atomic E-state index is 11.3. The maximum absolute atomic E-state index is 11.3. The molecular weight excluding hydrogens is 390 g/mol. The number of carbonyl (C=O) groups excluding carboxylic acids is 2. The number of ether oxygens (including phenoxy) is 3. The number of Topliss-reactive ketones (excluding diaryl/α,β-unsaturated/α-hetero) is 1. The molecule has 1 saturated heterocycles. The van der Waals surface area contributed by atoms with Gasteiger partial charge in [-0.1, -0.05) is 6.07 Å². The normalized spacial score (nSPS) is 26.4. The summed E-state index contributed by atoms with van der Waals surface area (Å²) in [4.78, 5) is 33.5. The van der Waals surface area contributed by atoms with Crippen molar-refractivity contribution in [3.8, 4) is 5.75 Å². The van der Waals surface area contributed by atoms with Crippen LogP contribution in [0, 0.1) is 0 Å². The van der Waals surface area contributed by atoms with Gasteiger partial charge in [0.05, 0.1) is 12.2 Å². The van der Waals surface area contributed by atoms with Crippen molar-refractivity contribution in [1.29, 1.82) is 0 Å². The summed E-state index contributed by atoms with van der Waals surface area (Å²) in [6, 6.07) is 4.52. The Kier molecular flexibility index (Phi) is 7.51. The molecule has 0 saturated carbocycles. The molecule has 160 valence electrons. The summed E-state index contributed by atoms with van der Waals surface area (Å²) in [5.74, 6) is -2.12. The van der Waals surface area contributed by atoms with Crippen LogP contribution in [-0.2, 0) is 30.5 Å². The highest BCUT2D eigenvalue weighted by Gasteiger charge is 2.48. The Balaban J connectivity index is 2.25. The number of aliphatic hydroxyl groups is 3. The van der Waals surface area contributed by atoms with E-state index in [1.807, 2.05) is 0 Å². The Morgan fingerprint density at radius 3 is 2.38 bits per heavy atom. The predicted molar refractivity (Wildman–Crippen MR) is 96.0 cm³/mol. The van der Waals surface area contributed by atoms with Crippen LogP contribution >= 0.6 is 0 Å². The number of carbonyl (C=O) groups is 3. The SMILES string of the molecule is CC(=O)CNc1cc(COC(C)=O)ccc1O[C@@H]1O[C@H](C(=O)O)[C@@H](O)[C@H](O)[C@H]1O. The van der Waals surface area contributed by atoms with Gasteiger partial charge in [0.15, 0.2) is 6.10 Å². The summed E-state index contributed by atoms with van der Waals surface area (Å²) in [6.07, 6.45) is -8.81. The molecule has 1 aromatic rings. The lowest BCUT2D eigenvalue weighted by Crippen LogP contribution is -2.61. The highest BCUT2D eigenvalue weighted by atomic mass is 16.7. The van der Waals surface area contributed by atoms with Gasteiger partial charge in [-0.3, -0.25) is 9.59 Å². The van der Waals surface area contributed by atoms with Gasteiger partial charge in [0.25, 0.3) is 0 Å². The van der Waals surface area contributed by atoms with Crippen LogP contribution in [-0.4, -0.2) is 75.4 Å². The molecule has 1 fully saturated rings. The van der Waals surface area contributed by atoms with E-state index in [0.29, 0.717) is 5.56 Å². The minimum absolute atomic E-state index is 0.0289. The van der Waals surface area contributed by atoms with E-state index in [-0.39, 0.29) is 30.4 Å². The average Bonchev–Trinajstić information content (AvgIpc) is 2.65. The molecule has 29 heavy (non-hydrogen) atoms. The third-order valence-corrected chi connectivity index (χ3v) is 4.07. The number of aliphatic carboxylic acids is 1. The Bertz CT molecular complexity index is 767. The lowest BCUT2D eigenvalue weighted by Gasteiger charge is -2.38. The van der Waals surface area contributed by atoms with E-state index in [2.05, 4.69) is 5.32 Å². The lowest BCUT2D eigenvalue weighted by atomic mass is 9.99. The van der Waals surface area contributed by atoms with E-state index < -0.39 is 42.6 Å². The average molecular weight is 413 g/mol. The first kappa shape index (κ1) is 22.6. The molecule has 0 radical (unpaired) electrons. The number of hydrogen-bond acceptors (Lipinski definition) is 10. The van der Waals surface area contributed by atoms with Gasteiger partial charge >= 0.3 is 11.9 Å². The highest BCUT2D eigenvalue weighted by molar-refractivity contribution is 5.81. The fourth-order valence-corrected chi connectivity index (χ4v) is 2.59. The van der Waals surface area contributed by atoms with Crippen LogP contribution in [0.3, 0.4) is 0 Å². The minimum atomic E-state index is -1.84. The van der Waals surface area contributed by atoms with Crippen molar-refractivity contribution in [2.24, 2.45) is 0 Å².